The van der Waals surface area contributed by atoms with Crippen LogP contribution in [0.5, 0.6) is 0 Å². The van der Waals surface area contributed by atoms with Gasteiger partial charge in [-0.3, -0.25) is 13.9 Å². The number of nitrogens with one attached hydrogen (secondary N) is 1. The number of aryl methyl sites for hydroxylation is 1. The molecule has 0 spiro atoms. The van der Waals surface area contributed by atoms with Crippen LogP contribution in [0.25, 0.3) is 0 Å². The molecule has 0 unspecified atom stereocenters. The molecule has 1 aliphatic rings. The highest BCUT2D eigenvalue weighted by molar-refractivity contribution is 7.92. The molecule has 1 fully saturated rings. The van der Waals surface area contributed by atoms with Crippen molar-refractivity contribution in [3.05, 3.63) is 64.7 Å². The van der Waals surface area contributed by atoms with Crippen LogP contribution in [0.15, 0.2) is 48.5 Å². The van der Waals surface area contributed by atoms with E-state index in [4.69, 9.17) is 11.6 Å². The minimum atomic E-state index is -3.55. The van der Waals surface area contributed by atoms with E-state index in [-0.39, 0.29) is 30.8 Å². The summed E-state index contributed by atoms with van der Waals surface area (Å²) in [5.74, 6) is -0.327. The molecule has 0 bridgehead atoms. The lowest BCUT2D eigenvalue weighted by Gasteiger charge is -2.32. The molecule has 0 saturated heterocycles. The smallest absolute Gasteiger partial charge is 0.242 e. The first kappa shape index (κ1) is 29.0. The molecule has 9 heteroatoms. The maximum atomic E-state index is 13.5. The monoisotopic (exact) mass is 547 g/mol. The van der Waals surface area contributed by atoms with Crippen molar-refractivity contribution < 1.29 is 18.0 Å². The standard InChI is InChI=1S/C28H38ClN3O4S/c1-21-10-7-8-11-23(21)20-31(22(2)28(34)30-25-12-5-4-6-13-25)27(33)14-9-19-32(37(3,35)36)26-17-15-24(29)16-18-26/h7-8,10-11,15-18,22,25H,4-6,9,12-14,19-20H2,1-3H3,(H,30,34)/t22-/m1/s1. The van der Waals surface area contributed by atoms with E-state index in [1.807, 2.05) is 31.2 Å². The van der Waals surface area contributed by atoms with Crippen molar-refractivity contribution in [3.8, 4) is 0 Å². The molecule has 2 aromatic rings. The Morgan fingerprint density at radius 1 is 1.05 bits per heavy atom. The number of hydrogen-bond acceptors (Lipinski definition) is 4. The summed E-state index contributed by atoms with van der Waals surface area (Å²) in [5.41, 5.74) is 2.52. The Labute approximate surface area is 226 Å². The van der Waals surface area contributed by atoms with Gasteiger partial charge in [0.1, 0.15) is 6.04 Å². The zero-order valence-electron chi connectivity index (χ0n) is 22.0. The molecule has 1 N–H and O–H groups in total. The SMILES string of the molecule is Cc1ccccc1CN(C(=O)CCCN(c1ccc(Cl)cc1)S(C)(=O)=O)[C@H](C)C(=O)NC1CCCCC1. The van der Waals surface area contributed by atoms with Crippen molar-refractivity contribution in [2.24, 2.45) is 0 Å². The van der Waals surface area contributed by atoms with Gasteiger partial charge in [0.05, 0.1) is 11.9 Å². The predicted octanol–water partition coefficient (Wildman–Crippen LogP) is 5.06. The second-order valence-electron chi connectivity index (χ2n) is 9.88. The lowest BCUT2D eigenvalue weighted by Crippen LogP contribution is -2.50. The van der Waals surface area contributed by atoms with Gasteiger partial charge in [-0.05, 0) is 68.5 Å². The van der Waals surface area contributed by atoms with Gasteiger partial charge < -0.3 is 10.2 Å². The van der Waals surface area contributed by atoms with Gasteiger partial charge in [-0.2, -0.15) is 0 Å². The first-order valence-corrected chi connectivity index (χ1v) is 15.2. The second-order valence-corrected chi connectivity index (χ2v) is 12.2. The largest absolute Gasteiger partial charge is 0.352 e. The van der Waals surface area contributed by atoms with Crippen LogP contribution in [0, 0.1) is 6.92 Å². The van der Waals surface area contributed by atoms with Crippen LogP contribution in [-0.2, 0) is 26.2 Å². The van der Waals surface area contributed by atoms with E-state index in [0.29, 0.717) is 23.7 Å². The van der Waals surface area contributed by atoms with Crippen LogP contribution in [0.4, 0.5) is 5.69 Å². The number of sulfonamides is 1. The maximum Gasteiger partial charge on any atom is 0.242 e. The number of hydrogen-bond donors (Lipinski definition) is 1. The molecule has 1 saturated carbocycles. The summed E-state index contributed by atoms with van der Waals surface area (Å²) in [5, 5.41) is 3.66. The summed E-state index contributed by atoms with van der Waals surface area (Å²) in [7, 11) is -3.55. The summed E-state index contributed by atoms with van der Waals surface area (Å²) in [6.45, 7) is 4.22. The van der Waals surface area contributed by atoms with Crippen molar-refractivity contribution in [1.82, 2.24) is 10.2 Å². The zero-order chi connectivity index (χ0) is 27.0. The van der Waals surface area contributed by atoms with Gasteiger partial charge in [0, 0.05) is 30.6 Å². The highest BCUT2D eigenvalue weighted by atomic mass is 35.5. The third-order valence-electron chi connectivity index (χ3n) is 6.99. The quantitative estimate of drug-likeness (QED) is 0.426. The van der Waals surface area contributed by atoms with E-state index in [9.17, 15) is 18.0 Å². The highest BCUT2D eigenvalue weighted by Gasteiger charge is 2.28. The first-order chi connectivity index (χ1) is 17.6. The van der Waals surface area contributed by atoms with Crippen molar-refractivity contribution in [3.63, 3.8) is 0 Å². The lowest BCUT2D eigenvalue weighted by atomic mass is 9.95. The van der Waals surface area contributed by atoms with Crippen molar-refractivity contribution in [2.75, 3.05) is 17.1 Å². The van der Waals surface area contributed by atoms with Crippen LogP contribution in [-0.4, -0.2) is 50.0 Å². The summed E-state index contributed by atoms with van der Waals surface area (Å²) in [6, 6.07) is 13.9. The molecule has 1 aliphatic carbocycles. The van der Waals surface area contributed by atoms with Crippen LogP contribution < -0.4 is 9.62 Å². The number of carbonyl (C=O) groups excluding carboxylic acids is 2. The summed E-state index contributed by atoms with van der Waals surface area (Å²) < 4.78 is 26.2. The van der Waals surface area contributed by atoms with Crippen LogP contribution in [0.1, 0.15) is 63.0 Å². The fourth-order valence-corrected chi connectivity index (χ4v) is 5.83. The van der Waals surface area contributed by atoms with E-state index in [2.05, 4.69) is 5.32 Å². The number of anilines is 1. The minimum absolute atomic E-state index is 0.118. The van der Waals surface area contributed by atoms with Gasteiger partial charge in [0.25, 0.3) is 0 Å². The Kier molecular flexibility index (Phi) is 10.4. The fraction of sp³-hybridized carbons (Fsp3) is 0.500. The maximum absolute atomic E-state index is 13.5. The Hall–Kier alpha value is -2.58. The number of benzene rings is 2. The molecule has 2 amide bonds. The molecule has 7 nitrogen and oxygen atoms in total. The molecule has 37 heavy (non-hydrogen) atoms. The Bertz CT molecular complexity index is 1160. The zero-order valence-corrected chi connectivity index (χ0v) is 23.5. The second kappa shape index (κ2) is 13.3. The molecule has 0 heterocycles. The summed E-state index contributed by atoms with van der Waals surface area (Å²) >= 11 is 5.95. The number of rotatable bonds is 11. The normalized spacial score (nSPS) is 15.1. The average molecular weight is 548 g/mol. The molecule has 0 aliphatic heterocycles. The van der Waals surface area contributed by atoms with E-state index in [1.165, 1.54) is 10.7 Å². The van der Waals surface area contributed by atoms with Gasteiger partial charge in [-0.15, -0.1) is 0 Å². The molecule has 1 atom stereocenters. The lowest BCUT2D eigenvalue weighted by molar-refractivity contribution is -0.141. The van der Waals surface area contributed by atoms with Gasteiger partial charge >= 0.3 is 0 Å². The fourth-order valence-electron chi connectivity index (χ4n) is 4.73. The van der Waals surface area contributed by atoms with E-state index >= 15 is 0 Å². The summed E-state index contributed by atoms with van der Waals surface area (Å²) in [4.78, 5) is 28.2. The van der Waals surface area contributed by atoms with E-state index in [1.54, 1.807) is 36.1 Å². The van der Waals surface area contributed by atoms with Crippen LogP contribution in [0.2, 0.25) is 5.02 Å². The molecule has 0 aromatic heterocycles. The molecule has 2 aromatic carbocycles. The van der Waals surface area contributed by atoms with Crippen LogP contribution in [0.3, 0.4) is 0 Å². The summed E-state index contributed by atoms with van der Waals surface area (Å²) in [6.07, 6.45) is 6.92. The minimum Gasteiger partial charge on any atom is -0.352 e. The van der Waals surface area contributed by atoms with E-state index < -0.39 is 16.1 Å². The highest BCUT2D eigenvalue weighted by Crippen LogP contribution is 2.22. The third-order valence-corrected chi connectivity index (χ3v) is 8.43. The first-order valence-electron chi connectivity index (χ1n) is 12.9. The van der Waals surface area contributed by atoms with Crippen molar-refractivity contribution >= 4 is 39.1 Å². The Morgan fingerprint density at radius 2 is 1.70 bits per heavy atom. The predicted molar refractivity (Wildman–Crippen MR) is 149 cm³/mol. The number of amides is 2. The van der Waals surface area contributed by atoms with Gasteiger partial charge in [0.2, 0.25) is 21.8 Å². The van der Waals surface area contributed by atoms with E-state index in [0.717, 1.165) is 43.1 Å². The van der Waals surface area contributed by atoms with Crippen molar-refractivity contribution in [2.45, 2.75) is 77.4 Å². The Morgan fingerprint density at radius 3 is 2.32 bits per heavy atom. The number of nitrogens with zero attached hydrogens (tertiary/aromatic N) is 2. The Balaban J connectivity index is 1.72. The van der Waals surface area contributed by atoms with Gasteiger partial charge in [-0.25, -0.2) is 8.42 Å². The van der Waals surface area contributed by atoms with Gasteiger partial charge in [-0.1, -0.05) is 55.1 Å². The van der Waals surface area contributed by atoms with Gasteiger partial charge in [0.15, 0.2) is 0 Å². The third kappa shape index (κ3) is 8.47. The number of halogens is 1. The molecule has 202 valence electrons. The number of carbonyl (C=O) groups is 2. The molecular weight excluding hydrogens is 510 g/mol. The molecular formula is C28H38ClN3O4S. The van der Waals surface area contributed by atoms with Crippen molar-refractivity contribution in [1.29, 1.82) is 0 Å². The molecule has 0 radical (unpaired) electrons. The topological polar surface area (TPSA) is 86.8 Å². The molecule has 3 rings (SSSR count). The average Bonchev–Trinajstić information content (AvgIpc) is 2.86. The van der Waals surface area contributed by atoms with Crippen LogP contribution >= 0.6 is 11.6 Å².